The van der Waals surface area contributed by atoms with Crippen LogP contribution in [0.2, 0.25) is 0 Å². The van der Waals surface area contributed by atoms with Crippen LogP contribution >= 0.6 is 0 Å². The molecule has 0 aromatic rings. The lowest BCUT2D eigenvalue weighted by atomic mass is 10.2. The molecule has 16 heavy (non-hydrogen) atoms. The first-order chi connectivity index (χ1) is 7.36. The highest BCUT2D eigenvalue weighted by Crippen LogP contribution is 2.04. The summed E-state index contributed by atoms with van der Waals surface area (Å²) in [5.74, 6) is -0.827. The summed E-state index contributed by atoms with van der Waals surface area (Å²) >= 11 is 0. The molecule has 0 rings (SSSR count). The molecule has 0 radical (unpaired) electrons. The molecule has 3 unspecified atom stereocenters. The number of carboxylic acid groups (broad SMARTS) is 1. The largest absolute Gasteiger partial charge is 0.480 e. The third kappa shape index (κ3) is 6.55. The van der Waals surface area contributed by atoms with Crippen molar-refractivity contribution in [2.24, 2.45) is 5.92 Å². The van der Waals surface area contributed by atoms with E-state index in [2.05, 4.69) is 5.32 Å². The monoisotopic (exact) mass is 249 g/mol. The fourth-order valence-electron chi connectivity index (χ4n) is 1.11. The van der Waals surface area contributed by atoms with Crippen LogP contribution in [0, 0.1) is 5.92 Å². The van der Waals surface area contributed by atoms with Crippen molar-refractivity contribution < 1.29 is 18.9 Å². The number of aliphatic carboxylic acids is 1. The van der Waals surface area contributed by atoms with E-state index in [1.807, 2.05) is 13.8 Å². The summed E-state index contributed by atoms with van der Waals surface area (Å²) in [6, 6.07) is -1.05. The maximum absolute atomic E-state index is 11.6. The first-order valence-corrected chi connectivity index (χ1v) is 6.70. The second-order valence-electron chi connectivity index (χ2n) is 3.88. The SMILES string of the molecule is CCC(C)CS(=O)CC(NC(C)=O)C(=O)O. The summed E-state index contributed by atoms with van der Waals surface area (Å²) in [5, 5.41) is 11.1. The molecule has 0 saturated heterocycles. The Morgan fingerprint density at radius 1 is 1.38 bits per heavy atom. The topological polar surface area (TPSA) is 83.5 Å². The maximum Gasteiger partial charge on any atom is 0.327 e. The predicted molar refractivity (Wildman–Crippen MR) is 62.6 cm³/mol. The standard InChI is InChI=1S/C10H19NO4S/c1-4-7(2)5-16(15)6-9(10(13)14)11-8(3)12/h7,9H,4-6H2,1-3H3,(H,11,12)(H,13,14). The van der Waals surface area contributed by atoms with Gasteiger partial charge in [0.25, 0.3) is 0 Å². The Morgan fingerprint density at radius 3 is 2.31 bits per heavy atom. The molecule has 0 spiro atoms. The van der Waals surface area contributed by atoms with E-state index in [0.717, 1.165) is 6.42 Å². The van der Waals surface area contributed by atoms with Crippen molar-refractivity contribution in [3.63, 3.8) is 0 Å². The number of rotatable bonds is 7. The van der Waals surface area contributed by atoms with Crippen LogP contribution in [0.1, 0.15) is 27.2 Å². The van der Waals surface area contributed by atoms with Gasteiger partial charge in [-0.1, -0.05) is 20.3 Å². The zero-order valence-corrected chi connectivity index (χ0v) is 10.7. The van der Waals surface area contributed by atoms with Gasteiger partial charge < -0.3 is 10.4 Å². The van der Waals surface area contributed by atoms with Gasteiger partial charge in [0.05, 0.1) is 5.75 Å². The van der Waals surface area contributed by atoms with E-state index in [9.17, 15) is 13.8 Å². The lowest BCUT2D eigenvalue weighted by Gasteiger charge is -2.14. The minimum absolute atomic E-state index is 0.0285. The summed E-state index contributed by atoms with van der Waals surface area (Å²) in [5.41, 5.74) is 0. The number of hydrogen-bond acceptors (Lipinski definition) is 3. The van der Waals surface area contributed by atoms with Gasteiger partial charge in [-0.05, 0) is 5.92 Å². The Balaban J connectivity index is 4.24. The normalized spacial score (nSPS) is 16.2. The molecule has 6 heteroatoms. The number of carbonyl (C=O) groups is 2. The van der Waals surface area contributed by atoms with Gasteiger partial charge in [0, 0.05) is 23.5 Å². The Hall–Kier alpha value is -0.910. The zero-order valence-electron chi connectivity index (χ0n) is 9.86. The van der Waals surface area contributed by atoms with Crippen molar-refractivity contribution in [3.05, 3.63) is 0 Å². The Morgan fingerprint density at radius 2 is 1.94 bits per heavy atom. The van der Waals surface area contributed by atoms with E-state index >= 15 is 0 Å². The van der Waals surface area contributed by atoms with Gasteiger partial charge in [-0.2, -0.15) is 0 Å². The minimum Gasteiger partial charge on any atom is -0.480 e. The molecule has 0 aliphatic heterocycles. The summed E-state index contributed by atoms with van der Waals surface area (Å²) in [4.78, 5) is 21.5. The third-order valence-electron chi connectivity index (χ3n) is 2.20. The van der Waals surface area contributed by atoms with E-state index in [1.165, 1.54) is 6.92 Å². The molecule has 0 heterocycles. The van der Waals surface area contributed by atoms with Gasteiger partial charge in [-0.15, -0.1) is 0 Å². The highest BCUT2D eigenvalue weighted by molar-refractivity contribution is 7.85. The van der Waals surface area contributed by atoms with Crippen molar-refractivity contribution in [2.45, 2.75) is 33.2 Å². The quantitative estimate of drug-likeness (QED) is 0.683. The molecule has 0 fully saturated rings. The average molecular weight is 249 g/mol. The minimum atomic E-state index is -1.21. The molecule has 1 amide bonds. The van der Waals surface area contributed by atoms with Crippen molar-refractivity contribution >= 4 is 22.7 Å². The second-order valence-corrected chi connectivity index (χ2v) is 5.42. The number of hydrogen-bond donors (Lipinski definition) is 2. The first-order valence-electron chi connectivity index (χ1n) is 5.21. The van der Waals surface area contributed by atoms with Gasteiger partial charge in [0.15, 0.2) is 0 Å². The van der Waals surface area contributed by atoms with Crippen LogP contribution in [0.5, 0.6) is 0 Å². The van der Waals surface area contributed by atoms with E-state index < -0.39 is 28.7 Å². The average Bonchev–Trinajstić information content (AvgIpc) is 2.15. The lowest BCUT2D eigenvalue weighted by Crippen LogP contribution is -2.43. The Bertz CT molecular complexity index is 280. The Labute approximate surface area is 98.1 Å². The van der Waals surface area contributed by atoms with Crippen molar-refractivity contribution in [3.8, 4) is 0 Å². The van der Waals surface area contributed by atoms with Gasteiger partial charge in [0.2, 0.25) is 5.91 Å². The van der Waals surface area contributed by atoms with E-state index in [-0.39, 0.29) is 5.75 Å². The van der Waals surface area contributed by atoms with E-state index in [0.29, 0.717) is 11.7 Å². The fraction of sp³-hybridized carbons (Fsp3) is 0.800. The number of carboxylic acids is 1. The molecule has 94 valence electrons. The van der Waals surface area contributed by atoms with Gasteiger partial charge >= 0.3 is 5.97 Å². The highest BCUT2D eigenvalue weighted by Gasteiger charge is 2.21. The van der Waals surface area contributed by atoms with Gasteiger partial charge in [0.1, 0.15) is 6.04 Å². The van der Waals surface area contributed by atoms with Crippen LogP contribution in [-0.2, 0) is 20.4 Å². The first kappa shape index (κ1) is 15.1. The molecule has 0 aliphatic rings. The van der Waals surface area contributed by atoms with Crippen LogP contribution in [0.3, 0.4) is 0 Å². The molecular weight excluding hydrogens is 230 g/mol. The van der Waals surface area contributed by atoms with Crippen LogP contribution in [0.15, 0.2) is 0 Å². The fourth-order valence-corrected chi connectivity index (χ4v) is 2.71. The van der Waals surface area contributed by atoms with Crippen molar-refractivity contribution in [1.82, 2.24) is 5.32 Å². The molecule has 0 aromatic heterocycles. The van der Waals surface area contributed by atoms with Crippen molar-refractivity contribution in [2.75, 3.05) is 11.5 Å². The Kier molecular flexibility index (Phi) is 6.96. The maximum atomic E-state index is 11.6. The highest BCUT2D eigenvalue weighted by atomic mass is 32.2. The van der Waals surface area contributed by atoms with Crippen LogP contribution in [0.4, 0.5) is 0 Å². The molecule has 5 nitrogen and oxygen atoms in total. The van der Waals surface area contributed by atoms with Gasteiger partial charge in [-0.25, -0.2) is 4.79 Å². The van der Waals surface area contributed by atoms with Crippen LogP contribution in [-0.4, -0.2) is 38.7 Å². The molecule has 0 aromatic carbocycles. The number of carbonyl (C=O) groups excluding carboxylic acids is 1. The van der Waals surface area contributed by atoms with E-state index in [4.69, 9.17) is 5.11 Å². The lowest BCUT2D eigenvalue weighted by molar-refractivity contribution is -0.140. The number of amides is 1. The molecular formula is C10H19NO4S. The second kappa shape index (κ2) is 7.38. The molecule has 0 saturated carbocycles. The zero-order chi connectivity index (χ0) is 12.7. The summed E-state index contributed by atoms with van der Waals surface area (Å²) in [6.07, 6.45) is 0.906. The smallest absolute Gasteiger partial charge is 0.327 e. The molecule has 3 atom stereocenters. The molecule has 2 N–H and O–H groups in total. The van der Waals surface area contributed by atoms with Crippen molar-refractivity contribution in [1.29, 1.82) is 0 Å². The summed E-state index contributed by atoms with van der Waals surface area (Å²) in [6.45, 7) is 5.20. The summed E-state index contributed by atoms with van der Waals surface area (Å²) < 4.78 is 11.6. The van der Waals surface area contributed by atoms with Crippen LogP contribution in [0.25, 0.3) is 0 Å². The number of nitrogens with one attached hydrogen (secondary N) is 1. The molecule has 0 bridgehead atoms. The van der Waals surface area contributed by atoms with E-state index in [1.54, 1.807) is 0 Å². The third-order valence-corrected chi connectivity index (χ3v) is 3.84. The summed E-state index contributed by atoms with van der Waals surface area (Å²) in [7, 11) is -1.21. The molecule has 0 aliphatic carbocycles. The predicted octanol–water partition coefficient (Wildman–Crippen LogP) is 0.370. The van der Waals surface area contributed by atoms with Crippen LogP contribution < -0.4 is 5.32 Å². The van der Waals surface area contributed by atoms with Gasteiger partial charge in [-0.3, -0.25) is 9.00 Å².